The fourth-order valence-corrected chi connectivity index (χ4v) is 6.15. The van der Waals surface area contributed by atoms with Gasteiger partial charge in [-0.05, 0) is 31.4 Å². The van der Waals surface area contributed by atoms with Crippen molar-refractivity contribution in [3.05, 3.63) is 75.0 Å². The van der Waals surface area contributed by atoms with Gasteiger partial charge in [0.1, 0.15) is 5.25 Å². The number of carbonyl (C=O) groups excluding carboxylic acids is 1. The number of hydrogen-bond acceptors (Lipinski definition) is 5. The minimum absolute atomic E-state index is 0.0250. The Labute approximate surface area is 201 Å². The van der Waals surface area contributed by atoms with Gasteiger partial charge in [0.15, 0.2) is 11.6 Å². The average Bonchev–Trinajstić information content (AvgIpc) is 3.24. The van der Waals surface area contributed by atoms with Crippen molar-refractivity contribution in [1.29, 1.82) is 0 Å². The van der Waals surface area contributed by atoms with Gasteiger partial charge in [0.05, 0.1) is 16.1 Å². The molecule has 5 rings (SSSR count). The summed E-state index contributed by atoms with van der Waals surface area (Å²) in [4.78, 5) is 13.6. The normalized spacial score (nSPS) is 21.1. The summed E-state index contributed by atoms with van der Waals surface area (Å²) in [5.41, 5.74) is 6.12. The van der Waals surface area contributed by atoms with E-state index >= 15 is 0 Å². The number of Topliss-reactive ketones (excluding diaryl/α,β-unsaturated/α-hetero) is 1. The maximum atomic E-state index is 13.6. The maximum absolute atomic E-state index is 13.6. The third-order valence-corrected chi connectivity index (χ3v) is 8.39. The van der Waals surface area contributed by atoms with Gasteiger partial charge in [-0.15, -0.1) is 10.2 Å². The lowest BCUT2D eigenvalue weighted by molar-refractivity contribution is 0.0980. The second kappa shape index (κ2) is 9.08. The molecule has 0 saturated heterocycles. The van der Waals surface area contributed by atoms with Crippen molar-refractivity contribution in [2.75, 3.05) is 5.43 Å². The van der Waals surface area contributed by atoms with Gasteiger partial charge >= 0.3 is 0 Å². The SMILES string of the molecule is Cc1ccc(C(=O)[C@H]2Sc3nnc(C4CCCCC4)n3N[C@@H]2c2cccc(Cl)c2Cl)cc1. The second-order valence-electron chi connectivity index (χ2n) is 8.53. The lowest BCUT2D eigenvalue weighted by Gasteiger charge is -2.34. The number of halogens is 2. The third-order valence-electron chi connectivity index (χ3n) is 6.34. The highest BCUT2D eigenvalue weighted by Crippen LogP contribution is 2.43. The molecule has 1 aliphatic carbocycles. The molecule has 0 unspecified atom stereocenters. The number of rotatable bonds is 4. The summed E-state index contributed by atoms with van der Waals surface area (Å²) in [6, 6.07) is 12.9. The molecule has 2 atom stereocenters. The Balaban J connectivity index is 1.56. The molecular weight excluding hydrogens is 463 g/mol. The summed E-state index contributed by atoms with van der Waals surface area (Å²) in [7, 11) is 0. The Morgan fingerprint density at radius 1 is 1.06 bits per heavy atom. The molecule has 166 valence electrons. The highest BCUT2D eigenvalue weighted by atomic mass is 35.5. The molecule has 32 heavy (non-hydrogen) atoms. The Kier molecular flexibility index (Phi) is 6.19. The maximum Gasteiger partial charge on any atom is 0.210 e. The summed E-state index contributed by atoms with van der Waals surface area (Å²) in [6.45, 7) is 2.01. The van der Waals surface area contributed by atoms with Gasteiger partial charge in [-0.1, -0.05) is 96.2 Å². The molecule has 2 heterocycles. The van der Waals surface area contributed by atoms with Crippen LogP contribution in [0.15, 0.2) is 47.6 Å². The molecule has 5 nitrogen and oxygen atoms in total. The van der Waals surface area contributed by atoms with Crippen molar-refractivity contribution < 1.29 is 4.79 Å². The summed E-state index contributed by atoms with van der Waals surface area (Å²) < 4.78 is 1.97. The zero-order valence-corrected chi connectivity index (χ0v) is 20.1. The first-order valence-electron chi connectivity index (χ1n) is 11.0. The van der Waals surface area contributed by atoms with Crippen molar-refractivity contribution in [3.8, 4) is 0 Å². The van der Waals surface area contributed by atoms with E-state index in [9.17, 15) is 4.79 Å². The van der Waals surface area contributed by atoms with Gasteiger partial charge in [0.2, 0.25) is 5.16 Å². The van der Waals surface area contributed by atoms with Gasteiger partial charge < -0.3 is 5.43 Å². The smallest absolute Gasteiger partial charge is 0.210 e. The molecule has 0 bridgehead atoms. The number of nitrogens with one attached hydrogen (secondary N) is 1. The van der Waals surface area contributed by atoms with Crippen LogP contribution in [0.1, 0.15) is 71.4 Å². The molecule has 2 aromatic carbocycles. The first kappa shape index (κ1) is 21.8. The number of nitrogens with zero attached hydrogens (tertiary/aromatic N) is 3. The Bertz CT molecular complexity index is 1140. The van der Waals surface area contributed by atoms with Crippen LogP contribution in [-0.4, -0.2) is 25.9 Å². The van der Waals surface area contributed by atoms with E-state index in [1.54, 1.807) is 6.07 Å². The van der Waals surface area contributed by atoms with Crippen LogP contribution in [-0.2, 0) is 0 Å². The summed E-state index contributed by atoms with van der Waals surface area (Å²) in [5, 5.41) is 10.2. The number of carbonyl (C=O) groups is 1. The van der Waals surface area contributed by atoms with E-state index in [-0.39, 0.29) is 11.8 Å². The van der Waals surface area contributed by atoms with Crippen molar-refractivity contribution in [1.82, 2.24) is 14.9 Å². The van der Waals surface area contributed by atoms with Crippen LogP contribution in [0.3, 0.4) is 0 Å². The van der Waals surface area contributed by atoms with E-state index in [2.05, 4.69) is 15.6 Å². The van der Waals surface area contributed by atoms with E-state index < -0.39 is 5.25 Å². The Morgan fingerprint density at radius 2 is 1.81 bits per heavy atom. The molecule has 0 radical (unpaired) electrons. The predicted octanol–water partition coefficient (Wildman–Crippen LogP) is 6.58. The third kappa shape index (κ3) is 4.04. The number of aromatic nitrogens is 3. The molecule has 1 aliphatic heterocycles. The lowest BCUT2D eigenvalue weighted by atomic mass is 9.89. The van der Waals surface area contributed by atoms with Crippen LogP contribution in [0.25, 0.3) is 0 Å². The molecule has 2 aliphatic rings. The topological polar surface area (TPSA) is 59.8 Å². The highest BCUT2D eigenvalue weighted by molar-refractivity contribution is 8.00. The van der Waals surface area contributed by atoms with Gasteiger partial charge in [-0.3, -0.25) is 4.79 Å². The molecule has 1 saturated carbocycles. The zero-order chi connectivity index (χ0) is 22.2. The minimum atomic E-state index is -0.454. The van der Waals surface area contributed by atoms with E-state index in [0.29, 0.717) is 26.7 Å². The molecule has 1 fully saturated rings. The Morgan fingerprint density at radius 3 is 2.56 bits per heavy atom. The number of hydrogen-bond donors (Lipinski definition) is 1. The first-order valence-corrected chi connectivity index (χ1v) is 12.6. The monoisotopic (exact) mass is 486 g/mol. The minimum Gasteiger partial charge on any atom is -0.313 e. The Hall–Kier alpha value is -2.02. The van der Waals surface area contributed by atoms with Crippen LogP contribution >= 0.6 is 35.0 Å². The molecule has 8 heteroatoms. The fraction of sp³-hybridized carbons (Fsp3) is 0.375. The van der Waals surface area contributed by atoms with Crippen LogP contribution < -0.4 is 5.43 Å². The lowest BCUT2D eigenvalue weighted by Crippen LogP contribution is -2.40. The number of aryl methyl sites for hydroxylation is 1. The van der Waals surface area contributed by atoms with E-state index in [4.69, 9.17) is 23.2 Å². The second-order valence-corrected chi connectivity index (χ2v) is 10.4. The van der Waals surface area contributed by atoms with Crippen LogP contribution in [0, 0.1) is 6.92 Å². The number of ketones is 1. The van der Waals surface area contributed by atoms with Gasteiger partial charge in [-0.2, -0.15) is 0 Å². The van der Waals surface area contributed by atoms with E-state index in [1.807, 2.05) is 48.0 Å². The van der Waals surface area contributed by atoms with E-state index in [1.165, 1.54) is 31.0 Å². The van der Waals surface area contributed by atoms with Crippen molar-refractivity contribution in [2.24, 2.45) is 0 Å². The van der Waals surface area contributed by atoms with E-state index in [0.717, 1.165) is 29.8 Å². The number of benzene rings is 2. The summed E-state index contributed by atoms with van der Waals surface area (Å²) in [5.74, 6) is 1.34. The highest BCUT2D eigenvalue weighted by Gasteiger charge is 2.40. The van der Waals surface area contributed by atoms with Crippen LogP contribution in [0.2, 0.25) is 10.0 Å². The first-order chi connectivity index (χ1) is 15.5. The molecule has 1 N–H and O–H groups in total. The molecular formula is C24H24Cl2N4OS. The molecule has 0 amide bonds. The van der Waals surface area contributed by atoms with Crippen molar-refractivity contribution >= 4 is 40.7 Å². The average molecular weight is 487 g/mol. The summed E-state index contributed by atoms with van der Waals surface area (Å²) in [6.07, 6.45) is 5.90. The quantitative estimate of drug-likeness (QED) is 0.421. The van der Waals surface area contributed by atoms with Crippen molar-refractivity contribution in [3.63, 3.8) is 0 Å². The fourth-order valence-electron chi connectivity index (χ4n) is 4.57. The largest absolute Gasteiger partial charge is 0.313 e. The molecule has 3 aromatic rings. The number of thioether (sulfide) groups is 1. The number of fused-ring (bicyclic) bond motifs is 1. The standard InChI is InChI=1S/C24H24Cl2N4OS/c1-14-10-12-15(13-11-14)21(31)22-20(17-8-5-9-18(25)19(17)26)29-30-23(27-28-24(30)32-22)16-6-3-2-4-7-16/h5,8-13,16,20,22,29H,2-4,6-7H2,1H3/t20-,22+/m1/s1. The van der Waals surface area contributed by atoms with Gasteiger partial charge in [0.25, 0.3) is 0 Å². The van der Waals surface area contributed by atoms with Gasteiger partial charge in [0, 0.05) is 11.5 Å². The summed E-state index contributed by atoms with van der Waals surface area (Å²) >= 11 is 14.4. The van der Waals surface area contributed by atoms with Crippen molar-refractivity contribution in [2.45, 2.75) is 61.4 Å². The van der Waals surface area contributed by atoms with Crippen LogP contribution in [0.4, 0.5) is 0 Å². The molecule has 1 aromatic heterocycles. The van der Waals surface area contributed by atoms with Gasteiger partial charge in [-0.25, -0.2) is 4.68 Å². The van der Waals surface area contributed by atoms with Crippen LogP contribution in [0.5, 0.6) is 0 Å². The zero-order valence-electron chi connectivity index (χ0n) is 17.7. The predicted molar refractivity (Wildman–Crippen MR) is 130 cm³/mol. The molecule has 0 spiro atoms.